The first kappa shape index (κ1) is 20.2. The summed E-state index contributed by atoms with van der Waals surface area (Å²) in [7, 11) is -7.68. The molecule has 2 aromatic carbocycles. The van der Waals surface area contributed by atoms with Gasteiger partial charge >= 0.3 is 0 Å². The summed E-state index contributed by atoms with van der Waals surface area (Å²) in [5, 5.41) is 0.112. The lowest BCUT2D eigenvalue weighted by molar-refractivity contribution is 0.307. The van der Waals surface area contributed by atoms with E-state index in [0.29, 0.717) is 12.8 Å². The molecule has 0 unspecified atom stereocenters. The van der Waals surface area contributed by atoms with Crippen LogP contribution in [-0.4, -0.2) is 40.3 Å². The zero-order valence-electron chi connectivity index (χ0n) is 14.2. The van der Waals surface area contributed by atoms with Crippen molar-refractivity contribution in [3.63, 3.8) is 0 Å². The Morgan fingerprint density at radius 1 is 1.00 bits per heavy atom. The van der Waals surface area contributed by atoms with Gasteiger partial charge in [-0.25, -0.2) is 25.9 Å². The molecule has 0 aromatic heterocycles. The topological polar surface area (TPSA) is 83.6 Å². The highest BCUT2D eigenvalue weighted by atomic mass is 35.5. The highest BCUT2D eigenvalue weighted by molar-refractivity contribution is 7.89. The van der Waals surface area contributed by atoms with Gasteiger partial charge in [-0.3, -0.25) is 0 Å². The van der Waals surface area contributed by atoms with Crippen LogP contribution < -0.4 is 4.72 Å². The predicted octanol–water partition coefficient (Wildman–Crippen LogP) is 2.61. The number of hydrogen-bond donors (Lipinski definition) is 1. The molecule has 1 aliphatic rings. The van der Waals surface area contributed by atoms with Crippen molar-refractivity contribution in [2.75, 3.05) is 13.1 Å². The van der Waals surface area contributed by atoms with E-state index in [4.69, 9.17) is 11.6 Å². The minimum absolute atomic E-state index is 0.0897. The van der Waals surface area contributed by atoms with Gasteiger partial charge in [-0.2, -0.15) is 4.31 Å². The summed E-state index contributed by atoms with van der Waals surface area (Å²) in [5.41, 5.74) is 0. The fourth-order valence-corrected chi connectivity index (χ4v) is 5.92. The Balaban J connectivity index is 1.68. The van der Waals surface area contributed by atoms with Crippen LogP contribution in [0.2, 0.25) is 5.02 Å². The Hall–Kier alpha value is -1.52. The van der Waals surface area contributed by atoms with Gasteiger partial charge in [0.05, 0.1) is 4.90 Å². The fraction of sp³-hybridized carbons (Fsp3) is 0.294. The fourth-order valence-electron chi connectivity index (χ4n) is 2.92. The quantitative estimate of drug-likeness (QED) is 0.787. The van der Waals surface area contributed by atoms with Crippen molar-refractivity contribution in [2.24, 2.45) is 0 Å². The third kappa shape index (κ3) is 4.49. The maximum Gasteiger partial charge on any atom is 0.245 e. The van der Waals surface area contributed by atoms with Crippen molar-refractivity contribution in [1.29, 1.82) is 0 Å². The van der Waals surface area contributed by atoms with Crippen LogP contribution in [0, 0.1) is 5.82 Å². The van der Waals surface area contributed by atoms with E-state index in [2.05, 4.69) is 4.72 Å². The molecule has 0 amide bonds. The Morgan fingerprint density at radius 2 is 1.63 bits per heavy atom. The van der Waals surface area contributed by atoms with Crippen LogP contribution in [0.4, 0.5) is 4.39 Å². The summed E-state index contributed by atoms with van der Waals surface area (Å²) in [6, 6.07) is 11.0. The van der Waals surface area contributed by atoms with Gasteiger partial charge in [0.2, 0.25) is 20.0 Å². The molecule has 3 rings (SSSR count). The van der Waals surface area contributed by atoms with Gasteiger partial charge in [-0.1, -0.05) is 29.8 Å². The third-order valence-electron chi connectivity index (χ3n) is 4.34. The summed E-state index contributed by atoms with van der Waals surface area (Å²) >= 11 is 5.67. The van der Waals surface area contributed by atoms with Crippen molar-refractivity contribution < 1.29 is 21.2 Å². The summed E-state index contributed by atoms with van der Waals surface area (Å²) in [4.78, 5) is -0.279. The number of benzene rings is 2. The van der Waals surface area contributed by atoms with Gasteiger partial charge in [0.1, 0.15) is 10.7 Å². The van der Waals surface area contributed by atoms with E-state index in [-0.39, 0.29) is 23.0 Å². The molecule has 0 radical (unpaired) electrons. The summed E-state index contributed by atoms with van der Waals surface area (Å²) in [6.45, 7) is 0.179. The Labute approximate surface area is 163 Å². The van der Waals surface area contributed by atoms with Gasteiger partial charge in [-0.05, 0) is 43.2 Å². The monoisotopic (exact) mass is 432 g/mol. The van der Waals surface area contributed by atoms with Crippen LogP contribution >= 0.6 is 11.6 Å². The van der Waals surface area contributed by atoms with Crippen molar-refractivity contribution in [3.05, 3.63) is 59.4 Å². The third-order valence-corrected chi connectivity index (χ3v) is 8.04. The van der Waals surface area contributed by atoms with Crippen molar-refractivity contribution in [2.45, 2.75) is 28.7 Å². The number of rotatable bonds is 5. The average Bonchev–Trinajstić information content (AvgIpc) is 2.62. The van der Waals surface area contributed by atoms with Crippen LogP contribution in [0.15, 0.2) is 58.3 Å². The van der Waals surface area contributed by atoms with Crippen LogP contribution in [0.3, 0.4) is 0 Å². The number of hydrogen-bond acceptors (Lipinski definition) is 4. The molecule has 1 heterocycles. The normalized spacial score (nSPS) is 17.1. The number of nitrogens with one attached hydrogen (secondary N) is 1. The Morgan fingerprint density at radius 3 is 2.22 bits per heavy atom. The van der Waals surface area contributed by atoms with Gasteiger partial charge in [-0.15, -0.1) is 0 Å². The SMILES string of the molecule is O=S(=O)(NC1CCN(S(=O)(=O)c2ccc(Cl)cc2F)CC1)c1ccccc1. The van der Waals surface area contributed by atoms with E-state index in [1.54, 1.807) is 18.2 Å². The van der Waals surface area contributed by atoms with Gasteiger partial charge in [0.25, 0.3) is 0 Å². The maximum atomic E-state index is 14.0. The lowest BCUT2D eigenvalue weighted by Crippen LogP contribution is -2.46. The molecule has 10 heteroatoms. The molecule has 0 saturated carbocycles. The second-order valence-electron chi connectivity index (χ2n) is 6.19. The predicted molar refractivity (Wildman–Crippen MR) is 100.0 cm³/mol. The molecule has 0 spiro atoms. The smallest absolute Gasteiger partial charge is 0.208 e. The van der Waals surface area contributed by atoms with E-state index in [1.165, 1.54) is 18.2 Å². The molecule has 1 fully saturated rings. The lowest BCUT2D eigenvalue weighted by Gasteiger charge is -2.31. The molecule has 0 atom stereocenters. The highest BCUT2D eigenvalue weighted by Crippen LogP contribution is 2.25. The summed E-state index contributed by atoms with van der Waals surface area (Å²) in [6.07, 6.45) is 0.584. The molecule has 1 N–H and O–H groups in total. The molecular formula is C17H18ClFN2O4S2. The van der Waals surface area contributed by atoms with E-state index in [9.17, 15) is 21.2 Å². The minimum Gasteiger partial charge on any atom is -0.208 e. The molecule has 146 valence electrons. The first-order chi connectivity index (χ1) is 12.7. The van der Waals surface area contributed by atoms with E-state index >= 15 is 0 Å². The van der Waals surface area contributed by atoms with Crippen LogP contribution in [0.5, 0.6) is 0 Å². The molecule has 0 bridgehead atoms. The maximum absolute atomic E-state index is 14.0. The Bertz CT molecular complexity index is 1020. The lowest BCUT2D eigenvalue weighted by atomic mass is 10.1. The zero-order valence-corrected chi connectivity index (χ0v) is 16.6. The van der Waals surface area contributed by atoms with Crippen molar-refractivity contribution in [3.8, 4) is 0 Å². The first-order valence-corrected chi connectivity index (χ1v) is 11.5. The molecule has 1 saturated heterocycles. The highest BCUT2D eigenvalue weighted by Gasteiger charge is 2.32. The van der Waals surface area contributed by atoms with Crippen LogP contribution in [0.25, 0.3) is 0 Å². The number of nitrogens with zero attached hydrogens (tertiary/aromatic N) is 1. The molecular weight excluding hydrogens is 415 g/mol. The largest absolute Gasteiger partial charge is 0.245 e. The molecule has 1 aliphatic heterocycles. The van der Waals surface area contributed by atoms with Crippen molar-refractivity contribution >= 4 is 31.6 Å². The van der Waals surface area contributed by atoms with E-state index in [1.807, 2.05) is 0 Å². The van der Waals surface area contributed by atoms with E-state index < -0.39 is 36.8 Å². The average molecular weight is 433 g/mol. The standard InChI is InChI=1S/C17H18ClFN2O4S2/c18-13-6-7-17(16(19)12-13)27(24,25)21-10-8-14(9-11-21)20-26(22,23)15-4-2-1-3-5-15/h1-7,12,14,20H,8-11H2. The number of sulfonamides is 2. The molecule has 27 heavy (non-hydrogen) atoms. The first-order valence-electron chi connectivity index (χ1n) is 8.23. The minimum atomic E-state index is -4.01. The second kappa shape index (κ2) is 7.84. The number of halogens is 2. The molecule has 6 nitrogen and oxygen atoms in total. The van der Waals surface area contributed by atoms with E-state index in [0.717, 1.165) is 16.4 Å². The van der Waals surface area contributed by atoms with Gasteiger partial charge < -0.3 is 0 Å². The van der Waals surface area contributed by atoms with Gasteiger partial charge in [0.15, 0.2) is 0 Å². The number of piperidine rings is 1. The molecule has 2 aromatic rings. The summed E-state index contributed by atoms with van der Waals surface area (Å²) in [5.74, 6) is -0.908. The van der Waals surface area contributed by atoms with Crippen LogP contribution in [-0.2, 0) is 20.0 Å². The van der Waals surface area contributed by atoms with Crippen molar-refractivity contribution in [1.82, 2.24) is 9.03 Å². The second-order valence-corrected chi connectivity index (χ2v) is 10.2. The zero-order chi connectivity index (χ0) is 19.7. The Kier molecular flexibility index (Phi) is 5.87. The summed E-state index contributed by atoms with van der Waals surface area (Å²) < 4.78 is 67.8. The van der Waals surface area contributed by atoms with Gasteiger partial charge in [0, 0.05) is 24.2 Å². The van der Waals surface area contributed by atoms with Crippen LogP contribution in [0.1, 0.15) is 12.8 Å². The molecule has 0 aliphatic carbocycles.